The Morgan fingerprint density at radius 3 is 2.72 bits per heavy atom. The minimum atomic E-state index is -1.31. The number of benzene rings is 1. The molecule has 0 saturated carbocycles. The molecule has 4 rings (SSSR count). The number of para-hydroxylation sites is 1. The second-order valence-corrected chi connectivity index (χ2v) is 10.6. The van der Waals surface area contributed by atoms with Crippen LogP contribution in [0.2, 0.25) is 0 Å². The summed E-state index contributed by atoms with van der Waals surface area (Å²) >= 11 is 0. The standard InChI is InChI=1S/C26H33N5O4S/c1-20-16-21(24-7-2-3-8-25(24)29-20)17-35-23-10-14-30(15-11-23)36(34)18-22(31(33)19-32)6-4-9-26-27-12-5-13-28-26/h2-3,5,7-8,12-13,16,19,22-23,33H,4,6,9-11,14-15,17-18H2,1H3. The highest BCUT2D eigenvalue weighted by atomic mass is 32.2. The molecule has 0 radical (unpaired) electrons. The largest absolute Gasteiger partial charge is 0.373 e. The van der Waals surface area contributed by atoms with Gasteiger partial charge in [-0.2, -0.15) is 0 Å². The molecule has 1 aliphatic rings. The van der Waals surface area contributed by atoms with Gasteiger partial charge < -0.3 is 4.74 Å². The first-order valence-corrected chi connectivity index (χ1v) is 13.6. The maximum absolute atomic E-state index is 13.0. The number of ether oxygens (including phenoxy) is 1. The van der Waals surface area contributed by atoms with Gasteiger partial charge in [0.2, 0.25) is 6.41 Å². The zero-order valence-corrected chi connectivity index (χ0v) is 21.3. The van der Waals surface area contributed by atoms with Crippen LogP contribution in [-0.4, -0.2) is 71.1 Å². The normalized spacial score (nSPS) is 16.6. The molecule has 0 spiro atoms. The van der Waals surface area contributed by atoms with Gasteiger partial charge in [0, 0.05) is 43.0 Å². The van der Waals surface area contributed by atoms with E-state index >= 15 is 0 Å². The Bertz CT molecular complexity index is 1160. The third-order valence-electron chi connectivity index (χ3n) is 6.47. The Balaban J connectivity index is 1.25. The Morgan fingerprint density at radius 2 is 1.97 bits per heavy atom. The molecule has 1 N–H and O–H groups in total. The Kier molecular flexibility index (Phi) is 9.46. The number of aryl methyl sites for hydroxylation is 2. The van der Waals surface area contributed by atoms with E-state index in [0.717, 1.165) is 35.0 Å². The molecule has 2 atom stereocenters. The summed E-state index contributed by atoms with van der Waals surface area (Å²) in [6.45, 7) is 3.79. The first kappa shape index (κ1) is 26.3. The lowest BCUT2D eigenvalue weighted by Gasteiger charge is -2.32. The number of fused-ring (bicyclic) bond motifs is 1. The van der Waals surface area contributed by atoms with Gasteiger partial charge in [-0.15, -0.1) is 0 Å². The van der Waals surface area contributed by atoms with Gasteiger partial charge in [0.05, 0.1) is 41.0 Å². The predicted octanol–water partition coefficient (Wildman–Crippen LogP) is 3.22. The van der Waals surface area contributed by atoms with Crippen molar-refractivity contribution >= 4 is 28.3 Å². The summed E-state index contributed by atoms with van der Waals surface area (Å²) < 4.78 is 21.2. The second kappa shape index (κ2) is 13.0. The lowest BCUT2D eigenvalue weighted by Crippen LogP contribution is -2.43. The van der Waals surface area contributed by atoms with E-state index in [-0.39, 0.29) is 11.9 Å². The van der Waals surface area contributed by atoms with Crippen LogP contribution in [-0.2, 0) is 33.5 Å². The number of pyridine rings is 1. The average molecular weight is 512 g/mol. The smallest absolute Gasteiger partial charge is 0.233 e. The number of amides is 1. The fourth-order valence-corrected chi connectivity index (χ4v) is 6.00. The van der Waals surface area contributed by atoms with Crippen molar-refractivity contribution in [2.24, 2.45) is 0 Å². The van der Waals surface area contributed by atoms with Crippen molar-refractivity contribution in [2.45, 2.75) is 57.8 Å². The number of carbonyl (C=O) groups is 1. The minimum absolute atomic E-state index is 0.0940. The first-order valence-electron chi connectivity index (χ1n) is 12.3. The van der Waals surface area contributed by atoms with Crippen molar-refractivity contribution in [2.75, 3.05) is 18.8 Å². The molecule has 2 aromatic heterocycles. The molecule has 1 aromatic carbocycles. The zero-order chi connectivity index (χ0) is 25.3. The van der Waals surface area contributed by atoms with E-state index in [2.05, 4.69) is 27.1 Å². The summed E-state index contributed by atoms with van der Waals surface area (Å²) in [7, 11) is -1.31. The Labute approximate surface area is 214 Å². The third kappa shape index (κ3) is 7.13. The monoisotopic (exact) mass is 511 g/mol. The van der Waals surface area contributed by atoms with Crippen molar-refractivity contribution < 1.29 is 18.9 Å². The lowest BCUT2D eigenvalue weighted by molar-refractivity contribution is -0.158. The van der Waals surface area contributed by atoms with Crippen LogP contribution in [0.4, 0.5) is 0 Å². The predicted molar refractivity (Wildman–Crippen MR) is 137 cm³/mol. The number of aromatic nitrogens is 3. The summed E-state index contributed by atoms with van der Waals surface area (Å²) in [5.41, 5.74) is 3.07. The fraction of sp³-hybridized carbons (Fsp3) is 0.462. The zero-order valence-electron chi connectivity index (χ0n) is 20.5. The highest BCUT2D eigenvalue weighted by molar-refractivity contribution is 7.82. The quantitative estimate of drug-likeness (QED) is 0.226. The van der Waals surface area contributed by atoms with Gasteiger partial charge in [-0.25, -0.2) is 23.5 Å². The van der Waals surface area contributed by atoms with E-state index in [9.17, 15) is 14.2 Å². The van der Waals surface area contributed by atoms with Crippen LogP contribution in [0.5, 0.6) is 0 Å². The molecular weight excluding hydrogens is 478 g/mol. The molecule has 1 amide bonds. The number of hydroxylamine groups is 2. The molecule has 3 aromatic rings. The number of piperidine rings is 1. The second-order valence-electron chi connectivity index (χ2n) is 9.06. The maximum Gasteiger partial charge on any atom is 0.233 e. The van der Waals surface area contributed by atoms with Crippen LogP contribution >= 0.6 is 0 Å². The number of nitrogens with zero attached hydrogens (tertiary/aromatic N) is 5. The van der Waals surface area contributed by atoms with Crippen LogP contribution in [0.25, 0.3) is 10.9 Å². The van der Waals surface area contributed by atoms with Crippen molar-refractivity contribution in [1.82, 2.24) is 24.3 Å². The summed E-state index contributed by atoms with van der Waals surface area (Å²) in [5.74, 6) is 0.906. The van der Waals surface area contributed by atoms with Crippen LogP contribution < -0.4 is 0 Å². The van der Waals surface area contributed by atoms with Gasteiger partial charge in [0.25, 0.3) is 0 Å². The number of rotatable bonds is 12. The van der Waals surface area contributed by atoms with Gasteiger partial charge in [-0.05, 0) is 56.4 Å². The maximum atomic E-state index is 13.0. The molecule has 10 heteroatoms. The fourth-order valence-electron chi connectivity index (χ4n) is 4.53. The van der Waals surface area contributed by atoms with Gasteiger partial charge >= 0.3 is 0 Å². The molecule has 3 heterocycles. The molecule has 2 unspecified atom stereocenters. The Hall–Kier alpha value is -2.79. The van der Waals surface area contributed by atoms with E-state index in [4.69, 9.17) is 4.74 Å². The van der Waals surface area contributed by atoms with Crippen LogP contribution in [0.3, 0.4) is 0 Å². The molecule has 1 saturated heterocycles. The van der Waals surface area contributed by atoms with E-state index in [1.54, 1.807) is 18.5 Å². The number of carbonyl (C=O) groups excluding carboxylic acids is 1. The third-order valence-corrected chi connectivity index (χ3v) is 8.08. The van der Waals surface area contributed by atoms with E-state index in [0.29, 0.717) is 56.3 Å². The molecule has 0 aliphatic carbocycles. The van der Waals surface area contributed by atoms with Crippen LogP contribution in [0.1, 0.15) is 42.8 Å². The molecule has 0 bridgehead atoms. The SMILES string of the molecule is Cc1cc(COC2CCN(S(=O)CC(CCCc3ncccn3)N(O)C=O)CC2)c2ccccc2n1. The molecule has 1 fully saturated rings. The van der Waals surface area contributed by atoms with Crippen molar-refractivity contribution in [1.29, 1.82) is 0 Å². The molecule has 36 heavy (non-hydrogen) atoms. The van der Waals surface area contributed by atoms with Crippen molar-refractivity contribution in [3.05, 3.63) is 65.9 Å². The number of hydrogen-bond acceptors (Lipinski definition) is 7. The van der Waals surface area contributed by atoms with Crippen LogP contribution in [0, 0.1) is 6.92 Å². The topological polar surface area (TPSA) is 109 Å². The highest BCUT2D eigenvalue weighted by Gasteiger charge is 2.27. The molecule has 9 nitrogen and oxygen atoms in total. The van der Waals surface area contributed by atoms with Crippen molar-refractivity contribution in [3.8, 4) is 0 Å². The first-order chi connectivity index (χ1) is 17.5. The van der Waals surface area contributed by atoms with E-state index in [1.165, 1.54) is 0 Å². The van der Waals surface area contributed by atoms with Gasteiger partial charge in [0.15, 0.2) is 0 Å². The number of hydrogen-bond donors (Lipinski definition) is 1. The van der Waals surface area contributed by atoms with Crippen LogP contribution in [0.15, 0.2) is 48.8 Å². The summed E-state index contributed by atoms with van der Waals surface area (Å²) in [5, 5.41) is 11.8. The lowest BCUT2D eigenvalue weighted by atomic mass is 10.1. The molecule has 192 valence electrons. The summed E-state index contributed by atoms with van der Waals surface area (Å²) in [6, 6.07) is 11.4. The summed E-state index contributed by atoms with van der Waals surface area (Å²) in [6.07, 6.45) is 7.22. The molecule has 1 aliphatic heterocycles. The van der Waals surface area contributed by atoms with Gasteiger partial charge in [-0.3, -0.25) is 15.0 Å². The van der Waals surface area contributed by atoms with E-state index in [1.807, 2.05) is 29.4 Å². The average Bonchev–Trinajstić information content (AvgIpc) is 2.91. The highest BCUT2D eigenvalue weighted by Crippen LogP contribution is 2.22. The van der Waals surface area contributed by atoms with Crippen molar-refractivity contribution in [3.63, 3.8) is 0 Å². The van der Waals surface area contributed by atoms with Gasteiger partial charge in [0.1, 0.15) is 5.82 Å². The molecular formula is C26H33N5O4S. The summed E-state index contributed by atoms with van der Waals surface area (Å²) in [4.78, 5) is 24.2. The van der Waals surface area contributed by atoms with Gasteiger partial charge in [-0.1, -0.05) is 18.2 Å². The van der Waals surface area contributed by atoms with E-state index < -0.39 is 17.0 Å². The minimum Gasteiger partial charge on any atom is -0.373 e. The Morgan fingerprint density at radius 1 is 1.22 bits per heavy atom.